The molecular formula is C41H30N4. The molecule has 1 aliphatic carbocycles. The number of nitrogens with zero attached hydrogens (tertiary/aromatic N) is 4. The SMILES string of the molecule is CC1(C)c2ccccc2-c2cc(-c3ccc(-c4nc(-c5cccnc5)nc(-c5cccc(-c6ccccc6)c5)n4)cc3)ccc21. The summed E-state index contributed by atoms with van der Waals surface area (Å²) in [6, 6.07) is 46.7. The molecule has 0 saturated heterocycles. The van der Waals surface area contributed by atoms with E-state index >= 15 is 0 Å². The molecule has 7 aromatic rings. The van der Waals surface area contributed by atoms with Crippen molar-refractivity contribution >= 4 is 0 Å². The number of pyridine rings is 1. The largest absolute Gasteiger partial charge is 0.264 e. The maximum atomic E-state index is 4.98. The minimum absolute atomic E-state index is 0.00268. The van der Waals surface area contributed by atoms with Crippen molar-refractivity contribution in [1.29, 1.82) is 0 Å². The van der Waals surface area contributed by atoms with Crippen molar-refractivity contribution in [3.05, 3.63) is 157 Å². The summed E-state index contributed by atoms with van der Waals surface area (Å²) in [5.41, 5.74) is 12.7. The first-order valence-electron chi connectivity index (χ1n) is 15.2. The first kappa shape index (κ1) is 26.9. The second-order valence-corrected chi connectivity index (χ2v) is 12.0. The Labute approximate surface area is 263 Å². The predicted octanol–water partition coefficient (Wildman–Crippen LogP) is 9.91. The monoisotopic (exact) mass is 578 g/mol. The molecule has 4 nitrogen and oxygen atoms in total. The van der Waals surface area contributed by atoms with Crippen molar-refractivity contribution in [1.82, 2.24) is 19.9 Å². The molecule has 8 rings (SSSR count). The lowest BCUT2D eigenvalue weighted by atomic mass is 9.82. The highest BCUT2D eigenvalue weighted by Crippen LogP contribution is 2.49. The molecule has 0 N–H and O–H groups in total. The van der Waals surface area contributed by atoms with Gasteiger partial charge in [0.2, 0.25) is 0 Å². The highest BCUT2D eigenvalue weighted by Gasteiger charge is 2.35. The van der Waals surface area contributed by atoms with Gasteiger partial charge in [-0.1, -0.05) is 123 Å². The molecule has 2 heterocycles. The molecule has 0 amide bonds. The molecule has 0 radical (unpaired) electrons. The Morgan fingerprint density at radius 1 is 0.400 bits per heavy atom. The lowest BCUT2D eigenvalue weighted by Crippen LogP contribution is -2.14. The van der Waals surface area contributed by atoms with E-state index in [0.717, 1.165) is 33.4 Å². The van der Waals surface area contributed by atoms with Crippen LogP contribution < -0.4 is 0 Å². The van der Waals surface area contributed by atoms with Gasteiger partial charge in [0.15, 0.2) is 17.5 Å². The van der Waals surface area contributed by atoms with E-state index in [1.807, 2.05) is 18.2 Å². The fraction of sp³-hybridized carbons (Fsp3) is 0.0732. The van der Waals surface area contributed by atoms with Crippen LogP contribution in [-0.4, -0.2) is 19.9 Å². The van der Waals surface area contributed by atoms with E-state index in [1.165, 1.54) is 27.8 Å². The van der Waals surface area contributed by atoms with E-state index in [9.17, 15) is 0 Å². The fourth-order valence-electron chi connectivity index (χ4n) is 6.44. The van der Waals surface area contributed by atoms with Gasteiger partial charge in [-0.2, -0.15) is 0 Å². The second-order valence-electron chi connectivity index (χ2n) is 12.0. The molecule has 2 aromatic heterocycles. The highest BCUT2D eigenvalue weighted by atomic mass is 15.0. The Hall–Kier alpha value is -5.74. The summed E-state index contributed by atoms with van der Waals surface area (Å²) in [4.78, 5) is 19.1. The van der Waals surface area contributed by atoms with Gasteiger partial charge in [0.25, 0.3) is 0 Å². The highest BCUT2D eigenvalue weighted by molar-refractivity contribution is 5.84. The van der Waals surface area contributed by atoms with E-state index in [2.05, 4.69) is 134 Å². The van der Waals surface area contributed by atoms with Gasteiger partial charge in [-0.05, 0) is 68.8 Å². The van der Waals surface area contributed by atoms with Crippen LogP contribution in [0.1, 0.15) is 25.0 Å². The van der Waals surface area contributed by atoms with Crippen LogP contribution in [0.5, 0.6) is 0 Å². The third-order valence-corrected chi connectivity index (χ3v) is 8.84. The topological polar surface area (TPSA) is 51.6 Å². The normalized spacial score (nSPS) is 12.8. The van der Waals surface area contributed by atoms with Gasteiger partial charge >= 0.3 is 0 Å². The van der Waals surface area contributed by atoms with Gasteiger partial charge in [-0.3, -0.25) is 4.98 Å². The Morgan fingerprint density at radius 3 is 1.73 bits per heavy atom. The molecule has 1 aliphatic rings. The first-order chi connectivity index (χ1) is 22.0. The van der Waals surface area contributed by atoms with Crippen LogP contribution in [-0.2, 0) is 5.41 Å². The molecule has 4 heteroatoms. The average Bonchev–Trinajstić information content (AvgIpc) is 3.34. The summed E-state index contributed by atoms with van der Waals surface area (Å²) in [6.45, 7) is 4.62. The van der Waals surface area contributed by atoms with E-state index in [4.69, 9.17) is 15.0 Å². The zero-order chi connectivity index (χ0) is 30.4. The smallest absolute Gasteiger partial charge is 0.165 e. The molecule has 0 unspecified atom stereocenters. The van der Waals surface area contributed by atoms with Gasteiger partial charge in [-0.15, -0.1) is 0 Å². The van der Waals surface area contributed by atoms with Crippen molar-refractivity contribution in [3.63, 3.8) is 0 Å². The first-order valence-corrected chi connectivity index (χ1v) is 15.2. The zero-order valence-corrected chi connectivity index (χ0v) is 25.1. The number of fused-ring (bicyclic) bond motifs is 3. The summed E-state index contributed by atoms with van der Waals surface area (Å²) >= 11 is 0. The van der Waals surface area contributed by atoms with E-state index in [-0.39, 0.29) is 5.41 Å². The van der Waals surface area contributed by atoms with Crippen LogP contribution >= 0.6 is 0 Å². The third kappa shape index (κ3) is 4.81. The Kier molecular flexibility index (Phi) is 6.42. The van der Waals surface area contributed by atoms with E-state index < -0.39 is 0 Å². The summed E-state index contributed by atoms with van der Waals surface area (Å²) < 4.78 is 0. The van der Waals surface area contributed by atoms with Crippen molar-refractivity contribution in [2.24, 2.45) is 0 Å². The van der Waals surface area contributed by atoms with Crippen molar-refractivity contribution in [2.45, 2.75) is 19.3 Å². The molecule has 0 atom stereocenters. The van der Waals surface area contributed by atoms with Gasteiger partial charge in [0.1, 0.15) is 0 Å². The lowest BCUT2D eigenvalue weighted by Gasteiger charge is -2.21. The summed E-state index contributed by atoms with van der Waals surface area (Å²) in [6.07, 6.45) is 3.55. The molecule has 45 heavy (non-hydrogen) atoms. The number of aromatic nitrogens is 4. The maximum absolute atomic E-state index is 4.98. The molecule has 0 aliphatic heterocycles. The molecule has 0 bridgehead atoms. The Morgan fingerprint density at radius 2 is 0.956 bits per heavy atom. The number of rotatable bonds is 5. The fourth-order valence-corrected chi connectivity index (χ4v) is 6.44. The summed E-state index contributed by atoms with van der Waals surface area (Å²) in [5.74, 6) is 1.85. The second kappa shape index (κ2) is 10.8. The standard InChI is InChI=1S/C41H30N4/c1-41(2)36-16-7-6-15-34(36)35-25-31(21-22-37(35)41)28-17-19-29(20-18-28)38-43-39(45-40(44-38)33-14-9-23-42-26-33)32-13-8-12-30(24-32)27-10-4-3-5-11-27/h3-26H,1-2H3. The third-order valence-electron chi connectivity index (χ3n) is 8.84. The zero-order valence-electron chi connectivity index (χ0n) is 25.1. The number of hydrogen-bond acceptors (Lipinski definition) is 4. The van der Waals surface area contributed by atoms with Gasteiger partial charge in [0, 0.05) is 34.5 Å². The van der Waals surface area contributed by atoms with E-state index in [1.54, 1.807) is 12.4 Å². The van der Waals surface area contributed by atoms with Gasteiger partial charge in [0.05, 0.1) is 0 Å². The molecule has 5 aromatic carbocycles. The molecule has 214 valence electrons. The average molecular weight is 579 g/mol. The van der Waals surface area contributed by atoms with Gasteiger partial charge < -0.3 is 0 Å². The molecule has 0 spiro atoms. The minimum Gasteiger partial charge on any atom is -0.264 e. The van der Waals surface area contributed by atoms with Crippen LogP contribution in [0.3, 0.4) is 0 Å². The molecule has 0 saturated carbocycles. The lowest BCUT2D eigenvalue weighted by molar-refractivity contribution is 0.660. The van der Waals surface area contributed by atoms with Gasteiger partial charge in [-0.25, -0.2) is 15.0 Å². The number of hydrogen-bond donors (Lipinski definition) is 0. The van der Waals surface area contributed by atoms with Crippen molar-refractivity contribution in [3.8, 4) is 67.5 Å². The predicted molar refractivity (Wildman–Crippen MR) is 182 cm³/mol. The quantitative estimate of drug-likeness (QED) is 0.204. The summed E-state index contributed by atoms with van der Waals surface area (Å²) in [7, 11) is 0. The minimum atomic E-state index is -0.00268. The maximum Gasteiger partial charge on any atom is 0.165 e. The number of benzene rings is 5. The van der Waals surface area contributed by atoms with Crippen molar-refractivity contribution < 1.29 is 0 Å². The Balaban J connectivity index is 1.19. The van der Waals surface area contributed by atoms with Crippen LogP contribution in [0.4, 0.5) is 0 Å². The Bertz CT molecular complexity index is 2170. The van der Waals surface area contributed by atoms with Crippen LogP contribution in [0.2, 0.25) is 0 Å². The van der Waals surface area contributed by atoms with E-state index in [0.29, 0.717) is 17.5 Å². The van der Waals surface area contributed by atoms with Crippen molar-refractivity contribution in [2.75, 3.05) is 0 Å². The van der Waals surface area contributed by atoms with Crippen LogP contribution in [0.25, 0.3) is 67.5 Å². The molecular weight excluding hydrogens is 548 g/mol. The summed E-state index contributed by atoms with van der Waals surface area (Å²) in [5, 5.41) is 0. The van der Waals surface area contributed by atoms with Crippen LogP contribution in [0.15, 0.2) is 146 Å². The van der Waals surface area contributed by atoms with Crippen LogP contribution in [0, 0.1) is 0 Å². The molecule has 0 fully saturated rings.